The van der Waals surface area contributed by atoms with E-state index in [2.05, 4.69) is 10.3 Å². The van der Waals surface area contributed by atoms with Crippen molar-refractivity contribution in [1.82, 2.24) is 10.3 Å². The molecule has 7 heteroatoms. The van der Waals surface area contributed by atoms with Gasteiger partial charge in [0.05, 0.1) is 5.56 Å². The van der Waals surface area contributed by atoms with Crippen molar-refractivity contribution in [3.8, 4) is 0 Å². The Morgan fingerprint density at radius 1 is 0.966 bits per heavy atom. The highest BCUT2D eigenvalue weighted by atomic mass is 19.4. The number of halogens is 3. The van der Waals surface area contributed by atoms with Crippen LogP contribution in [0.15, 0.2) is 83.4 Å². The minimum absolute atomic E-state index is 0.0232. The minimum atomic E-state index is -4.56. The van der Waals surface area contributed by atoms with E-state index in [1.165, 1.54) is 0 Å². The van der Waals surface area contributed by atoms with E-state index in [9.17, 15) is 18.0 Å². The average Bonchev–Trinajstić information content (AvgIpc) is 3.16. The Labute approximate surface area is 164 Å². The molecule has 0 saturated carbocycles. The molecule has 1 N–H and O–H groups in total. The highest BCUT2D eigenvalue weighted by molar-refractivity contribution is 5.94. The number of furan rings is 1. The number of carbonyl (C=O) groups is 1. The summed E-state index contributed by atoms with van der Waals surface area (Å²) in [5.41, 5.74) is 0.426. The third kappa shape index (κ3) is 3.99. The number of amides is 1. The molecule has 146 valence electrons. The van der Waals surface area contributed by atoms with E-state index in [1.54, 1.807) is 0 Å². The van der Waals surface area contributed by atoms with Gasteiger partial charge in [0.15, 0.2) is 0 Å². The van der Waals surface area contributed by atoms with Crippen molar-refractivity contribution in [2.45, 2.75) is 12.2 Å². The summed E-state index contributed by atoms with van der Waals surface area (Å²) in [5, 5.41) is 3.71. The number of nitrogens with one attached hydrogen (secondary N) is 1. The molecule has 0 fully saturated rings. The summed E-state index contributed by atoms with van der Waals surface area (Å²) < 4.78 is 44.0. The van der Waals surface area contributed by atoms with E-state index < -0.39 is 23.8 Å². The van der Waals surface area contributed by atoms with Crippen LogP contribution in [0, 0.1) is 0 Å². The van der Waals surface area contributed by atoms with Gasteiger partial charge in [-0.3, -0.25) is 9.78 Å². The summed E-state index contributed by atoms with van der Waals surface area (Å²) in [6.07, 6.45) is -3.64. The molecule has 2 aromatic carbocycles. The molecule has 1 atom stereocenters. The molecule has 0 bridgehead atoms. The van der Waals surface area contributed by atoms with Crippen molar-refractivity contribution >= 4 is 16.9 Å². The highest BCUT2D eigenvalue weighted by Gasteiger charge is 2.32. The second-order valence-corrected chi connectivity index (χ2v) is 6.43. The number of benzene rings is 2. The van der Waals surface area contributed by atoms with Crippen LogP contribution in [0.2, 0.25) is 0 Å². The second kappa shape index (κ2) is 7.43. The normalized spacial score (nSPS) is 12.7. The molecule has 1 amide bonds. The van der Waals surface area contributed by atoms with Gasteiger partial charge in [-0.05, 0) is 29.8 Å². The molecule has 0 aliphatic rings. The maximum Gasteiger partial charge on any atom is 0.433 e. The summed E-state index contributed by atoms with van der Waals surface area (Å²) >= 11 is 0. The van der Waals surface area contributed by atoms with Crippen LogP contribution < -0.4 is 5.32 Å². The van der Waals surface area contributed by atoms with E-state index in [-0.39, 0.29) is 5.56 Å². The summed E-state index contributed by atoms with van der Waals surface area (Å²) in [5.74, 6) is -0.0360. The summed E-state index contributed by atoms with van der Waals surface area (Å²) in [6, 6.07) is 19.7. The van der Waals surface area contributed by atoms with Crippen LogP contribution in [0.1, 0.15) is 33.4 Å². The van der Waals surface area contributed by atoms with Crippen LogP contribution in [0.5, 0.6) is 0 Å². The van der Waals surface area contributed by atoms with Crippen LogP contribution in [-0.2, 0) is 6.18 Å². The first-order valence-corrected chi connectivity index (χ1v) is 8.79. The first-order valence-electron chi connectivity index (χ1n) is 8.79. The Balaban J connectivity index is 1.66. The van der Waals surface area contributed by atoms with Crippen molar-refractivity contribution in [2.75, 3.05) is 0 Å². The molecule has 4 nitrogen and oxygen atoms in total. The van der Waals surface area contributed by atoms with E-state index in [0.29, 0.717) is 11.3 Å². The second-order valence-electron chi connectivity index (χ2n) is 6.43. The van der Waals surface area contributed by atoms with Gasteiger partial charge in [-0.2, -0.15) is 13.2 Å². The van der Waals surface area contributed by atoms with Crippen molar-refractivity contribution in [1.29, 1.82) is 0 Å². The summed E-state index contributed by atoms with van der Waals surface area (Å²) in [6.45, 7) is 0. The molecule has 0 aliphatic heterocycles. The monoisotopic (exact) mass is 396 g/mol. The molecule has 29 heavy (non-hydrogen) atoms. The van der Waals surface area contributed by atoms with Gasteiger partial charge in [-0.1, -0.05) is 48.5 Å². The van der Waals surface area contributed by atoms with Crippen LogP contribution in [0.25, 0.3) is 11.0 Å². The molecule has 0 aliphatic carbocycles. The van der Waals surface area contributed by atoms with Crippen molar-refractivity contribution < 1.29 is 22.4 Å². The lowest BCUT2D eigenvalue weighted by molar-refractivity contribution is -0.141. The van der Waals surface area contributed by atoms with Gasteiger partial charge in [-0.15, -0.1) is 0 Å². The zero-order chi connectivity index (χ0) is 20.4. The molecule has 0 radical (unpaired) electrons. The largest absolute Gasteiger partial charge is 0.459 e. The number of hydrogen-bond donors (Lipinski definition) is 1. The number of carbonyl (C=O) groups excluding carboxylic acids is 1. The Morgan fingerprint density at radius 3 is 2.34 bits per heavy atom. The molecule has 0 saturated heterocycles. The third-order valence-corrected chi connectivity index (χ3v) is 4.45. The standard InChI is InChI=1S/C22H15F3N2O2/c23-22(24,25)19-11-10-16(13-26-19)21(28)27-20(14-6-2-1-3-7-14)18-12-15-8-4-5-9-17(15)29-18/h1-13,20H,(H,27,28). The van der Waals surface area contributed by atoms with Gasteiger partial charge in [-0.25, -0.2) is 0 Å². The third-order valence-electron chi connectivity index (χ3n) is 4.45. The molecule has 1 unspecified atom stereocenters. The fourth-order valence-corrected chi connectivity index (χ4v) is 3.02. The van der Waals surface area contributed by atoms with Gasteiger partial charge in [0.25, 0.3) is 5.91 Å². The number of aromatic nitrogens is 1. The lowest BCUT2D eigenvalue weighted by Crippen LogP contribution is -2.29. The SMILES string of the molecule is O=C(NC(c1ccccc1)c1cc2ccccc2o1)c1ccc(C(F)(F)F)nc1. The van der Waals surface area contributed by atoms with E-state index in [0.717, 1.165) is 29.3 Å². The number of para-hydroxylation sites is 1. The number of pyridine rings is 1. The molecular weight excluding hydrogens is 381 g/mol. The van der Waals surface area contributed by atoms with Crippen LogP contribution in [0.3, 0.4) is 0 Å². The van der Waals surface area contributed by atoms with Crippen molar-refractivity contribution in [3.05, 3.63) is 102 Å². The van der Waals surface area contributed by atoms with Crippen LogP contribution in [0.4, 0.5) is 13.2 Å². The van der Waals surface area contributed by atoms with Gasteiger partial charge in [0.1, 0.15) is 23.1 Å². The smallest absolute Gasteiger partial charge is 0.433 e. The number of hydrogen-bond acceptors (Lipinski definition) is 3. The van der Waals surface area contributed by atoms with E-state index in [1.807, 2.05) is 60.7 Å². The van der Waals surface area contributed by atoms with E-state index >= 15 is 0 Å². The fraction of sp³-hybridized carbons (Fsp3) is 0.0909. The fourth-order valence-electron chi connectivity index (χ4n) is 3.02. The predicted molar refractivity (Wildman–Crippen MR) is 101 cm³/mol. The molecule has 0 spiro atoms. The lowest BCUT2D eigenvalue weighted by atomic mass is 10.0. The van der Waals surface area contributed by atoms with E-state index in [4.69, 9.17) is 4.42 Å². The summed E-state index contributed by atoms with van der Waals surface area (Å²) in [7, 11) is 0. The Bertz CT molecular complexity index is 1100. The molecule has 2 heterocycles. The first kappa shape index (κ1) is 18.7. The lowest BCUT2D eigenvalue weighted by Gasteiger charge is -2.17. The Hall–Kier alpha value is -3.61. The molecular formula is C22H15F3N2O2. The number of alkyl halides is 3. The van der Waals surface area contributed by atoms with Gasteiger partial charge in [0, 0.05) is 11.6 Å². The highest BCUT2D eigenvalue weighted by Crippen LogP contribution is 2.29. The zero-order valence-corrected chi connectivity index (χ0v) is 15.0. The van der Waals surface area contributed by atoms with Crippen molar-refractivity contribution in [3.63, 3.8) is 0 Å². The van der Waals surface area contributed by atoms with Crippen LogP contribution in [-0.4, -0.2) is 10.9 Å². The van der Waals surface area contributed by atoms with Gasteiger partial charge < -0.3 is 9.73 Å². The maximum absolute atomic E-state index is 12.7. The predicted octanol–water partition coefficient (Wildman–Crippen LogP) is 5.37. The zero-order valence-electron chi connectivity index (χ0n) is 15.0. The molecule has 4 aromatic rings. The van der Waals surface area contributed by atoms with Crippen LogP contribution >= 0.6 is 0 Å². The Morgan fingerprint density at radius 2 is 1.69 bits per heavy atom. The van der Waals surface area contributed by atoms with Gasteiger partial charge >= 0.3 is 6.18 Å². The maximum atomic E-state index is 12.7. The average molecular weight is 396 g/mol. The van der Waals surface area contributed by atoms with Crippen molar-refractivity contribution in [2.24, 2.45) is 0 Å². The topological polar surface area (TPSA) is 55.1 Å². The number of fused-ring (bicyclic) bond motifs is 1. The first-order chi connectivity index (χ1) is 13.9. The Kier molecular flexibility index (Phi) is 4.80. The summed E-state index contributed by atoms with van der Waals surface area (Å²) in [4.78, 5) is 16.1. The molecule has 2 aromatic heterocycles. The molecule has 4 rings (SSSR count). The number of nitrogens with zero attached hydrogens (tertiary/aromatic N) is 1. The quantitative estimate of drug-likeness (QED) is 0.505. The minimum Gasteiger partial charge on any atom is -0.459 e. The van der Waals surface area contributed by atoms with Gasteiger partial charge in [0.2, 0.25) is 0 Å². The number of rotatable bonds is 4.